The number of nitrogens with zero attached hydrogens (tertiary/aromatic N) is 1. The number of carbonyl (C=O) groups excluding carboxylic acids is 2. The van der Waals surface area contributed by atoms with Gasteiger partial charge in [0.1, 0.15) is 5.56 Å². The molecule has 1 heterocycles. The third kappa shape index (κ3) is 5.04. The number of hydrogen-bond acceptors (Lipinski definition) is 3. The summed E-state index contributed by atoms with van der Waals surface area (Å²) in [6, 6.07) is 14.9. The van der Waals surface area contributed by atoms with Crippen LogP contribution in [0.15, 0.2) is 65.6 Å². The molecule has 2 amide bonds. The maximum Gasteiger partial charge on any atom is 0.275 e. The summed E-state index contributed by atoms with van der Waals surface area (Å²) in [5, 5.41) is 0.796. The molecule has 0 atom stereocenters. The van der Waals surface area contributed by atoms with E-state index in [-0.39, 0.29) is 12.1 Å². The number of aromatic nitrogens is 1. The predicted molar refractivity (Wildman–Crippen MR) is 112 cm³/mol. The first-order valence-electron chi connectivity index (χ1n) is 8.66. The van der Waals surface area contributed by atoms with E-state index in [1.165, 1.54) is 10.6 Å². The zero-order valence-electron chi connectivity index (χ0n) is 15.4. The fourth-order valence-electron chi connectivity index (χ4n) is 2.63. The third-order valence-electron chi connectivity index (χ3n) is 4.21. The van der Waals surface area contributed by atoms with Crippen molar-refractivity contribution >= 4 is 35.0 Å². The Kier molecular flexibility index (Phi) is 6.36. The van der Waals surface area contributed by atoms with E-state index < -0.39 is 17.4 Å². The van der Waals surface area contributed by atoms with Gasteiger partial charge in [-0.1, -0.05) is 47.0 Å². The maximum absolute atomic E-state index is 12.6. The van der Waals surface area contributed by atoms with Crippen molar-refractivity contribution in [3.05, 3.63) is 103 Å². The summed E-state index contributed by atoms with van der Waals surface area (Å²) in [4.78, 5) is 37.1. The molecule has 0 bridgehead atoms. The molecule has 3 aromatic rings. The zero-order chi connectivity index (χ0) is 21.0. The largest absolute Gasteiger partial charge is 0.310 e. The molecule has 6 nitrogen and oxygen atoms in total. The first kappa shape index (κ1) is 20.6. The van der Waals surface area contributed by atoms with E-state index in [4.69, 9.17) is 23.2 Å². The van der Waals surface area contributed by atoms with Crippen molar-refractivity contribution in [1.29, 1.82) is 0 Å². The average molecular weight is 430 g/mol. The van der Waals surface area contributed by atoms with Gasteiger partial charge in [0.05, 0.1) is 16.6 Å². The van der Waals surface area contributed by atoms with E-state index >= 15 is 0 Å². The highest BCUT2D eigenvalue weighted by Gasteiger charge is 2.14. The first-order chi connectivity index (χ1) is 13.8. The fraction of sp³-hybridized carbons (Fsp3) is 0.0952. The van der Waals surface area contributed by atoms with Gasteiger partial charge >= 0.3 is 0 Å². The van der Waals surface area contributed by atoms with Gasteiger partial charge in [-0.3, -0.25) is 25.2 Å². The summed E-state index contributed by atoms with van der Waals surface area (Å²) < 4.78 is 1.37. The number of amides is 2. The molecule has 3 rings (SSSR count). The quantitative estimate of drug-likeness (QED) is 0.621. The van der Waals surface area contributed by atoms with E-state index in [2.05, 4.69) is 10.9 Å². The fourth-order valence-corrected chi connectivity index (χ4v) is 2.95. The molecule has 2 aromatic carbocycles. The van der Waals surface area contributed by atoms with E-state index in [9.17, 15) is 14.4 Å². The van der Waals surface area contributed by atoms with Crippen LogP contribution in [0.5, 0.6) is 0 Å². The highest BCUT2D eigenvalue weighted by molar-refractivity contribution is 6.42. The van der Waals surface area contributed by atoms with E-state index in [0.717, 1.165) is 11.1 Å². The van der Waals surface area contributed by atoms with Crippen molar-refractivity contribution in [3.8, 4) is 0 Å². The van der Waals surface area contributed by atoms with Crippen molar-refractivity contribution in [2.24, 2.45) is 0 Å². The van der Waals surface area contributed by atoms with Crippen LogP contribution in [0.2, 0.25) is 10.0 Å². The molecule has 0 spiro atoms. The Labute approximate surface area is 177 Å². The van der Waals surface area contributed by atoms with Gasteiger partial charge in [0.25, 0.3) is 17.4 Å². The second kappa shape index (κ2) is 8.94. The number of rotatable bonds is 4. The Balaban J connectivity index is 1.71. The molecule has 8 heteroatoms. The highest BCUT2D eigenvalue weighted by atomic mass is 35.5. The van der Waals surface area contributed by atoms with Gasteiger partial charge < -0.3 is 4.57 Å². The van der Waals surface area contributed by atoms with Gasteiger partial charge in [-0.05, 0) is 48.9 Å². The molecule has 1 aromatic heterocycles. The molecule has 0 fully saturated rings. The summed E-state index contributed by atoms with van der Waals surface area (Å²) in [6.07, 6.45) is 1.56. The van der Waals surface area contributed by atoms with Crippen molar-refractivity contribution in [2.75, 3.05) is 0 Å². The smallest absolute Gasteiger partial charge is 0.275 e. The van der Waals surface area contributed by atoms with Gasteiger partial charge in [-0.2, -0.15) is 0 Å². The predicted octanol–water partition coefficient (Wildman–Crippen LogP) is 3.59. The maximum atomic E-state index is 12.6. The number of hydrogen-bond donors (Lipinski definition) is 2. The minimum Gasteiger partial charge on any atom is -0.310 e. The Morgan fingerprint density at radius 1 is 0.931 bits per heavy atom. The molecule has 0 aliphatic heterocycles. The van der Waals surface area contributed by atoms with Crippen LogP contribution < -0.4 is 16.4 Å². The summed E-state index contributed by atoms with van der Waals surface area (Å²) in [5.74, 6) is -1.19. The number of nitrogens with one attached hydrogen (secondary N) is 2. The Bertz CT molecular complexity index is 1120. The van der Waals surface area contributed by atoms with E-state index in [0.29, 0.717) is 15.6 Å². The number of benzene rings is 2. The Morgan fingerprint density at radius 2 is 1.62 bits per heavy atom. The lowest BCUT2D eigenvalue weighted by molar-refractivity contribution is 0.0845. The Morgan fingerprint density at radius 3 is 2.31 bits per heavy atom. The SMILES string of the molecule is Cc1ccc(C(=O)NNC(=O)c2cccn(Cc3ccc(Cl)c(Cl)c3)c2=O)cc1. The van der Waals surface area contributed by atoms with Crippen LogP contribution in [0.1, 0.15) is 31.8 Å². The lowest BCUT2D eigenvalue weighted by Crippen LogP contribution is -2.44. The van der Waals surface area contributed by atoms with Gasteiger partial charge in [0.2, 0.25) is 0 Å². The van der Waals surface area contributed by atoms with Gasteiger partial charge in [-0.15, -0.1) is 0 Å². The van der Waals surface area contributed by atoms with Crippen LogP contribution >= 0.6 is 23.2 Å². The van der Waals surface area contributed by atoms with Crippen molar-refractivity contribution in [2.45, 2.75) is 13.5 Å². The molecule has 2 N–H and O–H groups in total. The van der Waals surface area contributed by atoms with Crippen molar-refractivity contribution in [3.63, 3.8) is 0 Å². The number of aryl methyl sites for hydroxylation is 1. The van der Waals surface area contributed by atoms with Crippen LogP contribution in [0, 0.1) is 6.92 Å². The normalized spacial score (nSPS) is 10.4. The number of carbonyl (C=O) groups is 2. The van der Waals surface area contributed by atoms with Gasteiger partial charge in [-0.25, -0.2) is 0 Å². The molecule has 0 saturated heterocycles. The molecule has 0 radical (unpaired) electrons. The monoisotopic (exact) mass is 429 g/mol. The molecule has 0 aliphatic rings. The van der Waals surface area contributed by atoms with Crippen molar-refractivity contribution < 1.29 is 9.59 Å². The second-order valence-electron chi connectivity index (χ2n) is 6.38. The van der Waals surface area contributed by atoms with E-state index in [1.54, 1.807) is 54.7 Å². The first-order valence-corrected chi connectivity index (χ1v) is 9.41. The lowest BCUT2D eigenvalue weighted by Gasteiger charge is -2.10. The lowest BCUT2D eigenvalue weighted by atomic mass is 10.1. The summed E-state index contributed by atoms with van der Waals surface area (Å²) in [6.45, 7) is 2.12. The molecule has 148 valence electrons. The third-order valence-corrected chi connectivity index (χ3v) is 4.94. The number of halogens is 2. The highest BCUT2D eigenvalue weighted by Crippen LogP contribution is 2.22. The van der Waals surface area contributed by atoms with Crippen LogP contribution in [-0.2, 0) is 6.54 Å². The standard InChI is InChI=1S/C21H17Cl2N3O3/c1-13-4-7-15(8-5-13)19(27)24-25-20(28)16-3-2-10-26(21(16)29)12-14-6-9-17(22)18(23)11-14/h2-11H,12H2,1H3,(H,24,27)(H,25,28). The summed E-state index contributed by atoms with van der Waals surface area (Å²) >= 11 is 11.9. The van der Waals surface area contributed by atoms with Crippen LogP contribution in [0.4, 0.5) is 0 Å². The number of hydrazine groups is 1. The van der Waals surface area contributed by atoms with E-state index in [1.807, 2.05) is 6.92 Å². The molecule has 0 unspecified atom stereocenters. The van der Waals surface area contributed by atoms with Gasteiger partial charge in [0.15, 0.2) is 0 Å². The minimum absolute atomic E-state index is 0.100. The molecule has 0 aliphatic carbocycles. The second-order valence-corrected chi connectivity index (χ2v) is 7.19. The minimum atomic E-state index is -0.709. The molecule has 29 heavy (non-hydrogen) atoms. The van der Waals surface area contributed by atoms with Gasteiger partial charge in [0, 0.05) is 11.8 Å². The molecular weight excluding hydrogens is 413 g/mol. The van der Waals surface area contributed by atoms with Crippen LogP contribution in [0.3, 0.4) is 0 Å². The topological polar surface area (TPSA) is 80.2 Å². The molecule has 0 saturated carbocycles. The van der Waals surface area contributed by atoms with Crippen LogP contribution in [0.25, 0.3) is 0 Å². The molecular formula is C21H17Cl2N3O3. The zero-order valence-corrected chi connectivity index (χ0v) is 16.9. The summed E-state index contributed by atoms with van der Waals surface area (Å²) in [7, 11) is 0. The van der Waals surface area contributed by atoms with Crippen molar-refractivity contribution in [1.82, 2.24) is 15.4 Å². The average Bonchev–Trinajstić information content (AvgIpc) is 2.71. The summed E-state index contributed by atoms with van der Waals surface area (Å²) in [5.41, 5.74) is 6.14. The Hall–Kier alpha value is -3.09. The van der Waals surface area contributed by atoms with Crippen LogP contribution in [-0.4, -0.2) is 16.4 Å². The number of pyridine rings is 1.